The molecule has 0 aliphatic heterocycles. The topological polar surface area (TPSA) is 95.9 Å². The lowest BCUT2D eigenvalue weighted by Gasteiger charge is -2.20. The van der Waals surface area contributed by atoms with Crippen LogP contribution in [0, 0.1) is 0 Å². The van der Waals surface area contributed by atoms with Gasteiger partial charge in [0.15, 0.2) is 0 Å². The minimum Gasteiger partial charge on any atom is -0.466 e. The molecule has 0 aliphatic carbocycles. The van der Waals surface area contributed by atoms with E-state index < -0.39 is 12.1 Å². The normalized spacial score (nSPS) is 12.9. The number of rotatable bonds is 70. The van der Waals surface area contributed by atoms with Crippen molar-refractivity contribution in [2.45, 2.75) is 411 Å². The molecule has 0 aliphatic rings. The first-order valence-corrected chi connectivity index (χ1v) is 37.6. The molecule has 0 aromatic carbocycles. The summed E-state index contributed by atoms with van der Waals surface area (Å²) >= 11 is 0. The first kappa shape index (κ1) is 81.6. The van der Waals surface area contributed by atoms with Gasteiger partial charge in [0, 0.05) is 12.8 Å². The second-order valence-corrected chi connectivity index (χ2v) is 25.6. The quantitative estimate of drug-likeness (QED) is 0.0320. The van der Waals surface area contributed by atoms with Gasteiger partial charge in [-0.2, -0.15) is 0 Å². The molecule has 0 aromatic heterocycles. The molecule has 6 nitrogen and oxygen atoms in total. The molecule has 0 heterocycles. The fourth-order valence-corrected chi connectivity index (χ4v) is 11.5. The van der Waals surface area contributed by atoms with Gasteiger partial charge in [-0.05, 0) is 89.9 Å². The Morgan fingerprint density at radius 3 is 0.952 bits per heavy atom. The number of aliphatic hydroxyl groups excluding tert-OH is 2. The highest BCUT2D eigenvalue weighted by atomic mass is 16.5. The Balaban J connectivity index is 3.41. The summed E-state index contributed by atoms with van der Waals surface area (Å²) in [7, 11) is 0. The van der Waals surface area contributed by atoms with Gasteiger partial charge in [0.25, 0.3) is 0 Å². The number of carbonyl (C=O) groups excluding carboxylic acids is 2. The summed E-state index contributed by atoms with van der Waals surface area (Å²) < 4.78 is 5.47. The van der Waals surface area contributed by atoms with Crippen LogP contribution in [0.5, 0.6) is 0 Å². The maximum absolute atomic E-state index is 12.5. The van der Waals surface area contributed by atoms with E-state index in [1.165, 1.54) is 315 Å². The van der Waals surface area contributed by atoms with E-state index in [0.29, 0.717) is 19.4 Å². The first-order chi connectivity index (χ1) is 41.5. The van der Waals surface area contributed by atoms with Crippen LogP contribution in [-0.4, -0.2) is 47.4 Å². The van der Waals surface area contributed by atoms with Crippen LogP contribution in [-0.2, 0) is 14.3 Å². The Morgan fingerprint density at radius 1 is 0.333 bits per heavy atom. The lowest BCUT2D eigenvalue weighted by Crippen LogP contribution is -2.45. The van der Waals surface area contributed by atoms with Crippen molar-refractivity contribution in [3.8, 4) is 0 Å². The summed E-state index contributed by atoms with van der Waals surface area (Å²) in [6.07, 6.45) is 97.5. The number of hydrogen-bond acceptors (Lipinski definition) is 5. The zero-order valence-corrected chi connectivity index (χ0v) is 56.4. The van der Waals surface area contributed by atoms with Crippen molar-refractivity contribution in [3.05, 3.63) is 60.8 Å². The van der Waals surface area contributed by atoms with E-state index in [1.54, 1.807) is 6.08 Å². The van der Waals surface area contributed by atoms with E-state index in [0.717, 1.165) is 57.8 Å². The van der Waals surface area contributed by atoms with Crippen LogP contribution in [0.1, 0.15) is 399 Å². The van der Waals surface area contributed by atoms with Gasteiger partial charge in [-0.3, -0.25) is 9.59 Å². The van der Waals surface area contributed by atoms with E-state index in [1.807, 2.05) is 6.08 Å². The number of aliphatic hydroxyl groups is 2. The lowest BCUT2D eigenvalue weighted by atomic mass is 10.0. The number of allylic oxidation sites excluding steroid dienone is 9. The Morgan fingerprint density at radius 2 is 0.619 bits per heavy atom. The molecule has 492 valence electrons. The van der Waals surface area contributed by atoms with Crippen molar-refractivity contribution < 1.29 is 24.5 Å². The third kappa shape index (κ3) is 68.7. The predicted octanol–water partition coefficient (Wildman–Crippen LogP) is 24.6. The first-order valence-electron chi connectivity index (χ1n) is 37.6. The zero-order chi connectivity index (χ0) is 60.6. The fraction of sp³-hybridized carbons (Fsp3) is 0.846. The average molecular weight is 1180 g/mol. The lowest BCUT2D eigenvalue weighted by molar-refractivity contribution is -0.143. The largest absolute Gasteiger partial charge is 0.466 e. The van der Waals surface area contributed by atoms with E-state index in [-0.39, 0.29) is 18.5 Å². The Labute approximate surface area is 524 Å². The molecule has 2 atom stereocenters. The molecule has 84 heavy (non-hydrogen) atoms. The van der Waals surface area contributed by atoms with E-state index in [4.69, 9.17) is 4.74 Å². The van der Waals surface area contributed by atoms with Crippen molar-refractivity contribution in [1.29, 1.82) is 0 Å². The van der Waals surface area contributed by atoms with Crippen molar-refractivity contribution in [1.82, 2.24) is 5.32 Å². The minimum atomic E-state index is -0.845. The molecule has 1 amide bonds. The average Bonchev–Trinajstić information content (AvgIpc) is 3.51. The molecule has 0 fully saturated rings. The van der Waals surface area contributed by atoms with E-state index in [9.17, 15) is 19.8 Å². The summed E-state index contributed by atoms with van der Waals surface area (Å²) in [6, 6.07) is -0.628. The molecule has 0 saturated heterocycles. The van der Waals surface area contributed by atoms with Crippen LogP contribution < -0.4 is 5.32 Å². The van der Waals surface area contributed by atoms with Gasteiger partial charge in [-0.25, -0.2) is 0 Å². The van der Waals surface area contributed by atoms with Gasteiger partial charge >= 0.3 is 5.97 Å². The van der Waals surface area contributed by atoms with Crippen LogP contribution in [0.4, 0.5) is 0 Å². The maximum Gasteiger partial charge on any atom is 0.305 e. The highest BCUT2D eigenvalue weighted by molar-refractivity contribution is 5.76. The van der Waals surface area contributed by atoms with Crippen LogP contribution >= 0.6 is 0 Å². The summed E-state index contributed by atoms with van der Waals surface area (Å²) in [5.41, 5.74) is 0. The Bertz CT molecular complexity index is 1450. The molecule has 0 radical (unpaired) electrons. The van der Waals surface area contributed by atoms with Gasteiger partial charge in [0.2, 0.25) is 5.91 Å². The molecule has 0 saturated carbocycles. The van der Waals surface area contributed by atoms with Crippen molar-refractivity contribution in [2.75, 3.05) is 13.2 Å². The number of ether oxygens (including phenoxy) is 1. The van der Waals surface area contributed by atoms with Gasteiger partial charge in [-0.15, -0.1) is 0 Å². The molecular weight excluding hydrogens is 1030 g/mol. The fourth-order valence-electron chi connectivity index (χ4n) is 11.5. The van der Waals surface area contributed by atoms with Gasteiger partial charge < -0.3 is 20.3 Å². The third-order valence-electron chi connectivity index (χ3n) is 17.2. The summed E-state index contributed by atoms with van der Waals surface area (Å²) in [5, 5.41) is 23.3. The standard InChI is InChI=1S/C78H145NO5/c1-3-5-7-9-11-13-15-17-18-19-20-34-37-40-43-47-50-54-58-62-66-70-76(81)75(74-80)79-77(82)71-67-63-59-55-51-48-44-41-38-35-32-30-28-26-24-22-21-23-25-27-29-31-33-36-39-42-45-49-53-57-61-65-69-73-84-78(83)72-68-64-60-56-52-46-16-14-12-10-8-6-4-2/h8,10,14,16,25,27,31,33,66,70,75-76,80-81H,3-7,9,11-13,15,17-24,26,28-30,32,34-65,67-69,71-74H2,1-2H3,(H,79,82)/b10-8-,16-14-,27-25-,33-31-,70-66+. The van der Waals surface area contributed by atoms with Crippen LogP contribution in [0.25, 0.3) is 0 Å². The number of amides is 1. The third-order valence-corrected chi connectivity index (χ3v) is 17.2. The number of nitrogens with one attached hydrogen (secondary N) is 1. The smallest absolute Gasteiger partial charge is 0.305 e. The molecule has 6 heteroatoms. The second-order valence-electron chi connectivity index (χ2n) is 25.6. The van der Waals surface area contributed by atoms with E-state index in [2.05, 4.69) is 67.8 Å². The van der Waals surface area contributed by atoms with Gasteiger partial charge in [0.1, 0.15) is 0 Å². The molecular formula is C78H145NO5. The second kappa shape index (κ2) is 73.0. The maximum atomic E-state index is 12.5. The van der Waals surface area contributed by atoms with Crippen LogP contribution in [0.15, 0.2) is 60.8 Å². The summed E-state index contributed by atoms with van der Waals surface area (Å²) in [6.45, 7) is 4.86. The highest BCUT2D eigenvalue weighted by Crippen LogP contribution is 2.19. The van der Waals surface area contributed by atoms with Gasteiger partial charge in [-0.1, -0.05) is 357 Å². The molecule has 3 N–H and O–H groups in total. The summed E-state index contributed by atoms with van der Waals surface area (Å²) in [5.74, 6) is -0.0643. The Kier molecular flexibility index (Phi) is 70.9. The predicted molar refractivity (Wildman–Crippen MR) is 370 cm³/mol. The molecule has 0 rings (SSSR count). The number of unbranched alkanes of at least 4 members (excludes halogenated alkanes) is 51. The molecule has 0 spiro atoms. The minimum absolute atomic E-state index is 0.00154. The van der Waals surface area contributed by atoms with Crippen molar-refractivity contribution in [2.24, 2.45) is 0 Å². The van der Waals surface area contributed by atoms with Gasteiger partial charge in [0.05, 0.1) is 25.4 Å². The molecule has 0 aromatic rings. The van der Waals surface area contributed by atoms with Crippen molar-refractivity contribution >= 4 is 11.9 Å². The summed E-state index contributed by atoms with van der Waals surface area (Å²) in [4.78, 5) is 24.6. The Hall–Kier alpha value is -2.44. The monoisotopic (exact) mass is 1180 g/mol. The number of esters is 1. The van der Waals surface area contributed by atoms with Crippen LogP contribution in [0.3, 0.4) is 0 Å². The zero-order valence-electron chi connectivity index (χ0n) is 56.4. The highest BCUT2D eigenvalue weighted by Gasteiger charge is 2.18. The van der Waals surface area contributed by atoms with E-state index >= 15 is 0 Å². The van der Waals surface area contributed by atoms with Crippen LogP contribution in [0.2, 0.25) is 0 Å². The molecule has 2 unspecified atom stereocenters. The van der Waals surface area contributed by atoms with Crippen molar-refractivity contribution in [3.63, 3.8) is 0 Å². The number of carbonyl (C=O) groups is 2. The SMILES string of the molecule is CCC/C=C\C/C=C\CCCCCCCC(=O)OCCCCCCCCCCC/C=C\C/C=C\CCCCCCCCCCCCCCCCCCCC(=O)NC(CO)C(O)/C=C/CCCCCCCCCCCCCCCCCCCCC. The number of hydrogen-bond donors (Lipinski definition) is 3. The molecule has 0 bridgehead atoms.